The smallest absolute Gasteiger partial charge is 0.169 e. The van der Waals surface area contributed by atoms with Crippen molar-refractivity contribution in [3.63, 3.8) is 0 Å². The van der Waals surface area contributed by atoms with Gasteiger partial charge in [-0.1, -0.05) is 0 Å². The second-order valence-corrected chi connectivity index (χ2v) is 3.76. The molecule has 0 unspecified atom stereocenters. The molecule has 6 nitrogen and oxygen atoms in total. The Morgan fingerprint density at radius 2 is 2.27 bits per heavy atom. The van der Waals surface area contributed by atoms with Gasteiger partial charge in [0.2, 0.25) is 0 Å². The summed E-state index contributed by atoms with van der Waals surface area (Å²) in [5, 5.41) is 12.4. The molecule has 0 radical (unpaired) electrons. The highest BCUT2D eigenvalue weighted by Crippen LogP contribution is 2.26. The molecule has 0 saturated carbocycles. The van der Waals surface area contributed by atoms with E-state index < -0.39 is 0 Å². The summed E-state index contributed by atoms with van der Waals surface area (Å²) in [6, 6.07) is 0. The van der Waals surface area contributed by atoms with Crippen molar-refractivity contribution in [3.05, 3.63) is 12.0 Å². The maximum atomic E-state index is 5.91. The Morgan fingerprint density at radius 1 is 1.40 bits per heavy atom. The van der Waals surface area contributed by atoms with E-state index in [1.165, 1.54) is 0 Å². The van der Waals surface area contributed by atoms with Crippen LogP contribution in [-0.2, 0) is 20.0 Å². The van der Waals surface area contributed by atoms with E-state index in [0.29, 0.717) is 5.82 Å². The largest absolute Gasteiger partial charge is 0.383 e. The van der Waals surface area contributed by atoms with Gasteiger partial charge in [0.25, 0.3) is 0 Å². The first-order valence-corrected chi connectivity index (χ1v) is 4.97. The van der Waals surface area contributed by atoms with Crippen LogP contribution in [0.4, 0.5) is 5.82 Å². The molecule has 1 aliphatic heterocycles. The van der Waals surface area contributed by atoms with E-state index in [-0.39, 0.29) is 0 Å². The second kappa shape index (κ2) is 2.82. The number of fused-ring (bicyclic) bond motifs is 1. The van der Waals surface area contributed by atoms with Crippen LogP contribution in [0.3, 0.4) is 0 Å². The maximum Gasteiger partial charge on any atom is 0.169 e. The number of nitrogens with zero attached hydrogens (tertiary/aromatic N) is 5. The molecule has 3 heterocycles. The number of nitrogen functional groups attached to an aromatic ring is 1. The molecule has 0 fully saturated rings. The van der Waals surface area contributed by atoms with Crippen LogP contribution in [0.1, 0.15) is 12.2 Å². The van der Waals surface area contributed by atoms with Crippen molar-refractivity contribution in [2.75, 3.05) is 5.73 Å². The highest BCUT2D eigenvalue weighted by atomic mass is 15.3. The van der Waals surface area contributed by atoms with Gasteiger partial charge >= 0.3 is 0 Å². The van der Waals surface area contributed by atoms with Crippen molar-refractivity contribution >= 4 is 5.82 Å². The molecule has 0 saturated heterocycles. The summed E-state index contributed by atoms with van der Waals surface area (Å²) in [4.78, 5) is 0. The Labute approximate surface area is 86.7 Å². The molecule has 0 amide bonds. The van der Waals surface area contributed by atoms with Crippen molar-refractivity contribution in [1.82, 2.24) is 24.5 Å². The zero-order valence-corrected chi connectivity index (χ0v) is 8.51. The molecule has 0 spiro atoms. The van der Waals surface area contributed by atoms with Crippen LogP contribution in [0, 0.1) is 0 Å². The van der Waals surface area contributed by atoms with Crippen molar-refractivity contribution < 1.29 is 0 Å². The number of aryl methyl sites for hydroxylation is 2. The van der Waals surface area contributed by atoms with E-state index in [4.69, 9.17) is 5.73 Å². The fraction of sp³-hybridized carbons (Fsp3) is 0.444. The number of aromatic nitrogens is 5. The Kier molecular flexibility index (Phi) is 1.59. The minimum atomic E-state index is 0.636. The van der Waals surface area contributed by atoms with Crippen molar-refractivity contribution in [2.24, 2.45) is 7.05 Å². The third kappa shape index (κ3) is 1.07. The van der Waals surface area contributed by atoms with E-state index in [2.05, 4.69) is 19.9 Å². The van der Waals surface area contributed by atoms with Gasteiger partial charge in [-0.25, -0.2) is 0 Å². The summed E-state index contributed by atoms with van der Waals surface area (Å²) in [6.45, 7) is 0.978. The van der Waals surface area contributed by atoms with Gasteiger partial charge in [-0.3, -0.25) is 4.68 Å². The number of anilines is 1. The molecule has 6 heteroatoms. The van der Waals surface area contributed by atoms with Gasteiger partial charge in [0, 0.05) is 20.0 Å². The molecule has 15 heavy (non-hydrogen) atoms. The molecule has 2 aromatic heterocycles. The average molecular weight is 204 g/mol. The Bertz CT molecular complexity index is 509. The monoisotopic (exact) mass is 204 g/mol. The predicted octanol–water partition coefficient (Wildman–Crippen LogP) is 0.207. The van der Waals surface area contributed by atoms with E-state index in [1.54, 1.807) is 10.9 Å². The minimum absolute atomic E-state index is 0.636. The molecule has 2 aromatic rings. The molecule has 0 bridgehead atoms. The number of nitrogens with two attached hydrogens (primary N) is 1. The van der Waals surface area contributed by atoms with Crippen LogP contribution in [0.15, 0.2) is 6.20 Å². The van der Waals surface area contributed by atoms with Crippen molar-refractivity contribution in [2.45, 2.75) is 19.4 Å². The quantitative estimate of drug-likeness (QED) is 0.720. The number of rotatable bonds is 1. The van der Waals surface area contributed by atoms with Gasteiger partial charge in [-0.15, -0.1) is 10.2 Å². The lowest BCUT2D eigenvalue weighted by atomic mass is 10.3. The third-order valence-corrected chi connectivity index (χ3v) is 2.84. The van der Waals surface area contributed by atoms with Gasteiger partial charge in [-0.05, 0) is 6.42 Å². The zero-order valence-electron chi connectivity index (χ0n) is 8.51. The topological polar surface area (TPSA) is 74.5 Å². The van der Waals surface area contributed by atoms with E-state index >= 15 is 0 Å². The van der Waals surface area contributed by atoms with Crippen molar-refractivity contribution in [1.29, 1.82) is 0 Å². The Hall–Kier alpha value is -1.85. The van der Waals surface area contributed by atoms with Crippen LogP contribution in [0.2, 0.25) is 0 Å². The van der Waals surface area contributed by atoms with Crippen molar-refractivity contribution in [3.8, 4) is 11.4 Å². The third-order valence-electron chi connectivity index (χ3n) is 2.84. The summed E-state index contributed by atoms with van der Waals surface area (Å²) < 4.78 is 3.76. The molecule has 2 N–H and O–H groups in total. The summed E-state index contributed by atoms with van der Waals surface area (Å²) in [5.41, 5.74) is 6.78. The molecule has 0 atom stereocenters. The standard InChI is InChI=1S/C9H12N6/c1-14-8(10)6(5-11-14)9-13-12-7-3-2-4-15(7)9/h5H,2-4,10H2,1H3. The molecule has 0 aromatic carbocycles. The van der Waals surface area contributed by atoms with Gasteiger partial charge in [-0.2, -0.15) is 5.10 Å². The highest BCUT2D eigenvalue weighted by Gasteiger charge is 2.21. The fourth-order valence-electron chi connectivity index (χ4n) is 1.97. The lowest BCUT2D eigenvalue weighted by molar-refractivity contribution is 0.748. The van der Waals surface area contributed by atoms with Gasteiger partial charge in [0.05, 0.1) is 11.8 Å². The first kappa shape index (κ1) is 8.46. The Balaban J connectivity index is 2.17. The maximum absolute atomic E-state index is 5.91. The number of hydrogen-bond donors (Lipinski definition) is 1. The Morgan fingerprint density at radius 3 is 3.00 bits per heavy atom. The highest BCUT2D eigenvalue weighted by molar-refractivity contribution is 5.68. The molecule has 0 aliphatic carbocycles. The second-order valence-electron chi connectivity index (χ2n) is 3.76. The first-order chi connectivity index (χ1) is 7.27. The van der Waals surface area contributed by atoms with Crippen LogP contribution in [0.5, 0.6) is 0 Å². The van der Waals surface area contributed by atoms with Crippen LogP contribution >= 0.6 is 0 Å². The fourth-order valence-corrected chi connectivity index (χ4v) is 1.97. The van der Waals surface area contributed by atoms with Crippen LogP contribution in [-0.4, -0.2) is 24.5 Å². The van der Waals surface area contributed by atoms with E-state index in [1.807, 2.05) is 7.05 Å². The van der Waals surface area contributed by atoms with Gasteiger partial charge in [0.15, 0.2) is 5.82 Å². The summed E-state index contributed by atoms with van der Waals surface area (Å²) in [6.07, 6.45) is 3.89. The normalized spacial score (nSPS) is 14.5. The lowest BCUT2D eigenvalue weighted by Crippen LogP contribution is -2.01. The van der Waals surface area contributed by atoms with E-state index in [0.717, 1.165) is 36.6 Å². The summed E-state index contributed by atoms with van der Waals surface area (Å²) in [7, 11) is 1.82. The first-order valence-electron chi connectivity index (χ1n) is 4.97. The predicted molar refractivity (Wildman–Crippen MR) is 55.0 cm³/mol. The van der Waals surface area contributed by atoms with Gasteiger partial charge < -0.3 is 10.3 Å². The van der Waals surface area contributed by atoms with Crippen LogP contribution in [0.25, 0.3) is 11.4 Å². The van der Waals surface area contributed by atoms with Gasteiger partial charge in [0.1, 0.15) is 11.6 Å². The molecule has 78 valence electrons. The molecule has 1 aliphatic rings. The summed E-state index contributed by atoms with van der Waals surface area (Å²) in [5.74, 6) is 2.53. The lowest BCUT2D eigenvalue weighted by Gasteiger charge is -2.01. The molecular weight excluding hydrogens is 192 g/mol. The van der Waals surface area contributed by atoms with E-state index in [9.17, 15) is 0 Å². The minimum Gasteiger partial charge on any atom is -0.383 e. The molecule has 3 rings (SSSR count). The zero-order chi connectivity index (χ0) is 10.4. The summed E-state index contributed by atoms with van der Waals surface area (Å²) >= 11 is 0. The number of hydrogen-bond acceptors (Lipinski definition) is 4. The average Bonchev–Trinajstić information content (AvgIpc) is 2.85. The molecular formula is C9H12N6. The SMILES string of the molecule is Cn1ncc(-c2nnc3n2CCC3)c1N. The van der Waals surface area contributed by atoms with Crippen LogP contribution < -0.4 is 5.73 Å².